The van der Waals surface area contributed by atoms with Crippen molar-refractivity contribution in [2.24, 2.45) is 0 Å². The van der Waals surface area contributed by atoms with Gasteiger partial charge in [0.1, 0.15) is 0 Å². The lowest BCUT2D eigenvalue weighted by atomic mass is 10.3. The minimum absolute atomic E-state index is 0.644. The van der Waals surface area contributed by atoms with Gasteiger partial charge in [-0.2, -0.15) is 0 Å². The summed E-state index contributed by atoms with van der Waals surface area (Å²) in [5, 5.41) is 3.08. The first-order valence-electron chi connectivity index (χ1n) is 2.97. The van der Waals surface area contributed by atoms with Crippen LogP contribution in [0.4, 0.5) is 0 Å². The van der Waals surface area contributed by atoms with Gasteiger partial charge in [0.15, 0.2) is 0 Å². The van der Waals surface area contributed by atoms with Crippen LogP contribution < -0.4 is 5.32 Å². The van der Waals surface area contributed by atoms with Crippen LogP contribution in [0.3, 0.4) is 0 Å². The SMILES string of the molecule is CNC1COC1.O=P(O)(O)O. The van der Waals surface area contributed by atoms with Crippen LogP contribution in [-0.4, -0.2) is 41.0 Å². The van der Waals surface area contributed by atoms with Crippen LogP contribution in [0.25, 0.3) is 0 Å². The predicted molar refractivity (Wildman–Crippen MR) is 37.9 cm³/mol. The molecule has 0 bridgehead atoms. The van der Waals surface area contributed by atoms with Crippen LogP contribution in [0.1, 0.15) is 0 Å². The number of rotatable bonds is 1. The molecule has 0 amide bonds. The summed E-state index contributed by atoms with van der Waals surface area (Å²) in [6, 6.07) is 0.644. The molecule has 0 spiro atoms. The molecule has 1 saturated heterocycles. The second-order valence-electron chi connectivity index (χ2n) is 2.04. The molecule has 1 rings (SSSR count). The smallest absolute Gasteiger partial charge is 0.378 e. The van der Waals surface area contributed by atoms with Crippen molar-refractivity contribution in [3.05, 3.63) is 0 Å². The molecule has 0 aromatic carbocycles. The molecule has 1 fully saturated rings. The molecule has 0 atom stereocenters. The zero-order chi connectivity index (χ0) is 8.91. The molecule has 0 aromatic heterocycles. The van der Waals surface area contributed by atoms with E-state index in [1.165, 1.54) is 0 Å². The number of nitrogens with one attached hydrogen (secondary N) is 1. The average molecular weight is 185 g/mol. The standard InChI is InChI=1S/C4H9NO.H3O4P/c1-5-4-2-6-3-4;1-5(2,3)4/h4-5H,2-3H2,1H3;(H3,1,2,3,4). The molecular formula is C4H12NO5P. The number of likely N-dealkylation sites (N-methyl/N-ethyl adjacent to an activating group) is 1. The van der Waals surface area contributed by atoms with Gasteiger partial charge in [-0.15, -0.1) is 0 Å². The van der Waals surface area contributed by atoms with Gasteiger partial charge in [-0.05, 0) is 7.05 Å². The molecule has 4 N–H and O–H groups in total. The predicted octanol–water partition coefficient (Wildman–Crippen LogP) is -1.32. The molecule has 6 nitrogen and oxygen atoms in total. The van der Waals surface area contributed by atoms with E-state index in [2.05, 4.69) is 5.32 Å². The zero-order valence-corrected chi connectivity index (χ0v) is 6.99. The first-order chi connectivity index (χ1) is 4.93. The molecular weight excluding hydrogens is 173 g/mol. The highest BCUT2D eigenvalue weighted by Gasteiger charge is 2.13. The molecule has 68 valence electrons. The Labute approximate surface area is 64.4 Å². The first-order valence-corrected chi connectivity index (χ1v) is 4.53. The zero-order valence-electron chi connectivity index (χ0n) is 6.10. The number of phosphoric acid groups is 1. The molecule has 0 radical (unpaired) electrons. The Morgan fingerprint density at radius 1 is 1.45 bits per heavy atom. The van der Waals surface area contributed by atoms with Crippen molar-refractivity contribution in [3.63, 3.8) is 0 Å². The molecule has 0 aromatic rings. The summed E-state index contributed by atoms with van der Waals surface area (Å²) in [6.45, 7) is 1.80. The second kappa shape index (κ2) is 4.82. The summed E-state index contributed by atoms with van der Waals surface area (Å²) in [6.07, 6.45) is 0. The van der Waals surface area contributed by atoms with Crippen molar-refractivity contribution in [2.45, 2.75) is 6.04 Å². The monoisotopic (exact) mass is 185 g/mol. The Morgan fingerprint density at radius 3 is 1.82 bits per heavy atom. The van der Waals surface area contributed by atoms with Gasteiger partial charge in [-0.3, -0.25) is 0 Å². The fourth-order valence-electron chi connectivity index (χ4n) is 0.402. The third-order valence-electron chi connectivity index (χ3n) is 1.05. The van der Waals surface area contributed by atoms with E-state index in [9.17, 15) is 0 Å². The van der Waals surface area contributed by atoms with Gasteiger partial charge in [0.05, 0.1) is 19.3 Å². The number of ether oxygens (including phenoxy) is 1. The summed E-state index contributed by atoms with van der Waals surface area (Å²) in [7, 11) is -2.69. The van der Waals surface area contributed by atoms with Gasteiger partial charge in [0.2, 0.25) is 0 Å². The van der Waals surface area contributed by atoms with Gasteiger partial charge in [0, 0.05) is 0 Å². The second-order valence-corrected chi connectivity index (χ2v) is 3.06. The number of hydrogen-bond donors (Lipinski definition) is 4. The Bertz CT molecular complexity index is 130. The van der Waals surface area contributed by atoms with Gasteiger partial charge in [0.25, 0.3) is 0 Å². The van der Waals surface area contributed by atoms with Crippen LogP contribution in [0, 0.1) is 0 Å². The minimum Gasteiger partial charge on any atom is -0.378 e. The Kier molecular flexibility index (Phi) is 4.83. The quantitative estimate of drug-likeness (QED) is 0.378. The third-order valence-corrected chi connectivity index (χ3v) is 1.05. The van der Waals surface area contributed by atoms with Gasteiger partial charge in [-0.1, -0.05) is 0 Å². The van der Waals surface area contributed by atoms with Gasteiger partial charge < -0.3 is 24.7 Å². The molecule has 1 heterocycles. The van der Waals surface area contributed by atoms with Crippen LogP contribution in [0.2, 0.25) is 0 Å². The summed E-state index contributed by atoms with van der Waals surface area (Å²) >= 11 is 0. The van der Waals surface area contributed by atoms with E-state index in [1.54, 1.807) is 0 Å². The molecule has 11 heavy (non-hydrogen) atoms. The van der Waals surface area contributed by atoms with E-state index in [-0.39, 0.29) is 0 Å². The van der Waals surface area contributed by atoms with Crippen LogP contribution in [0.5, 0.6) is 0 Å². The Morgan fingerprint density at radius 2 is 1.82 bits per heavy atom. The molecule has 0 aliphatic carbocycles. The molecule has 0 unspecified atom stereocenters. The first kappa shape index (κ1) is 11.0. The average Bonchev–Trinajstić information content (AvgIpc) is 1.55. The summed E-state index contributed by atoms with van der Waals surface area (Å²) in [5.74, 6) is 0. The lowest BCUT2D eigenvalue weighted by Crippen LogP contribution is -2.43. The van der Waals surface area contributed by atoms with Crippen molar-refractivity contribution in [1.29, 1.82) is 0 Å². The topological polar surface area (TPSA) is 99.0 Å². The normalized spacial score (nSPS) is 18.2. The van der Waals surface area contributed by atoms with Crippen LogP contribution >= 0.6 is 7.82 Å². The maximum atomic E-state index is 8.88. The van der Waals surface area contributed by atoms with Crippen molar-refractivity contribution in [1.82, 2.24) is 5.32 Å². The van der Waals surface area contributed by atoms with Crippen molar-refractivity contribution in [2.75, 3.05) is 20.3 Å². The lowest BCUT2D eigenvalue weighted by Gasteiger charge is -2.24. The lowest BCUT2D eigenvalue weighted by molar-refractivity contribution is -0.00169. The Hall–Kier alpha value is 0.0300. The van der Waals surface area contributed by atoms with E-state index >= 15 is 0 Å². The number of hydrogen-bond acceptors (Lipinski definition) is 3. The van der Waals surface area contributed by atoms with E-state index in [0.717, 1.165) is 13.2 Å². The summed E-state index contributed by atoms with van der Waals surface area (Å²) in [4.78, 5) is 21.6. The maximum absolute atomic E-state index is 8.88. The maximum Gasteiger partial charge on any atom is 0.466 e. The Balaban J connectivity index is 0.000000187. The summed E-state index contributed by atoms with van der Waals surface area (Å²) in [5.41, 5.74) is 0. The van der Waals surface area contributed by atoms with E-state index < -0.39 is 7.82 Å². The highest BCUT2D eigenvalue weighted by Crippen LogP contribution is 2.25. The van der Waals surface area contributed by atoms with Crippen molar-refractivity contribution >= 4 is 7.82 Å². The summed E-state index contributed by atoms with van der Waals surface area (Å²) < 4.78 is 13.7. The van der Waals surface area contributed by atoms with E-state index in [4.69, 9.17) is 24.0 Å². The highest BCUT2D eigenvalue weighted by molar-refractivity contribution is 7.45. The molecule has 0 saturated carbocycles. The largest absolute Gasteiger partial charge is 0.466 e. The third kappa shape index (κ3) is 10.0. The fraction of sp³-hybridized carbons (Fsp3) is 1.00. The highest BCUT2D eigenvalue weighted by atomic mass is 31.2. The van der Waals surface area contributed by atoms with Crippen molar-refractivity contribution < 1.29 is 24.0 Å². The van der Waals surface area contributed by atoms with Crippen molar-refractivity contribution in [3.8, 4) is 0 Å². The van der Waals surface area contributed by atoms with Crippen LogP contribution in [-0.2, 0) is 9.30 Å². The fourth-order valence-corrected chi connectivity index (χ4v) is 0.402. The van der Waals surface area contributed by atoms with Gasteiger partial charge >= 0.3 is 7.82 Å². The van der Waals surface area contributed by atoms with E-state index in [0.29, 0.717) is 6.04 Å². The molecule has 1 aliphatic rings. The van der Waals surface area contributed by atoms with Crippen LogP contribution in [0.15, 0.2) is 0 Å². The van der Waals surface area contributed by atoms with E-state index in [1.807, 2.05) is 7.05 Å². The molecule has 7 heteroatoms. The minimum atomic E-state index is -4.64. The molecule has 1 aliphatic heterocycles. The van der Waals surface area contributed by atoms with Gasteiger partial charge in [-0.25, -0.2) is 4.57 Å².